The third-order valence-electron chi connectivity index (χ3n) is 2.79. The summed E-state index contributed by atoms with van der Waals surface area (Å²) in [7, 11) is 0. The molecule has 1 atom stereocenters. The van der Waals surface area contributed by atoms with Crippen LogP contribution in [-0.2, 0) is 0 Å². The van der Waals surface area contributed by atoms with Gasteiger partial charge >= 0.3 is 0 Å². The van der Waals surface area contributed by atoms with Crippen molar-refractivity contribution < 1.29 is 5.11 Å². The zero-order valence-electron chi connectivity index (χ0n) is 10.3. The van der Waals surface area contributed by atoms with Crippen molar-refractivity contribution in [2.45, 2.75) is 78.2 Å². The molecule has 14 heavy (non-hydrogen) atoms. The van der Waals surface area contributed by atoms with Crippen LogP contribution >= 0.6 is 0 Å². The van der Waals surface area contributed by atoms with Gasteiger partial charge in [-0.15, -0.1) is 0 Å². The van der Waals surface area contributed by atoms with Crippen LogP contribution in [0.15, 0.2) is 0 Å². The van der Waals surface area contributed by atoms with Crippen LogP contribution in [0, 0.1) is 5.92 Å². The molecule has 0 aliphatic heterocycles. The van der Waals surface area contributed by atoms with E-state index in [1.807, 2.05) is 6.92 Å². The number of unbranched alkanes of at least 4 members (excludes halogenated alkanes) is 4. The predicted octanol–water partition coefficient (Wildman–Crippen LogP) is 4.14. The fourth-order valence-electron chi connectivity index (χ4n) is 1.67. The van der Waals surface area contributed by atoms with Gasteiger partial charge < -0.3 is 5.11 Å². The maximum absolute atomic E-state index is 9.33. The lowest BCUT2D eigenvalue weighted by molar-refractivity contribution is 0.156. The first-order valence-electron chi connectivity index (χ1n) is 6.34. The second-order valence-electron chi connectivity index (χ2n) is 4.80. The van der Waals surface area contributed by atoms with Gasteiger partial charge in [-0.2, -0.15) is 0 Å². The van der Waals surface area contributed by atoms with E-state index in [-0.39, 0.29) is 6.10 Å². The van der Waals surface area contributed by atoms with E-state index in [0.717, 1.165) is 18.8 Å². The first kappa shape index (κ1) is 14.0. The fraction of sp³-hybridized carbons (Fsp3) is 1.00. The molecule has 0 spiro atoms. The molecule has 1 N–H and O–H groups in total. The summed E-state index contributed by atoms with van der Waals surface area (Å²) in [6.45, 7) is 6.63. The summed E-state index contributed by atoms with van der Waals surface area (Å²) in [5, 5.41) is 9.33. The molecule has 0 rings (SSSR count). The summed E-state index contributed by atoms with van der Waals surface area (Å²) in [4.78, 5) is 0. The highest BCUT2D eigenvalue weighted by molar-refractivity contribution is 4.53. The molecule has 0 aliphatic rings. The van der Waals surface area contributed by atoms with E-state index in [1.54, 1.807) is 0 Å². The topological polar surface area (TPSA) is 20.2 Å². The van der Waals surface area contributed by atoms with Gasteiger partial charge in [-0.3, -0.25) is 0 Å². The maximum Gasteiger partial charge on any atom is 0.0537 e. The van der Waals surface area contributed by atoms with Crippen molar-refractivity contribution in [1.82, 2.24) is 0 Å². The summed E-state index contributed by atoms with van der Waals surface area (Å²) in [6.07, 6.45) is 9.85. The molecule has 0 fully saturated rings. The van der Waals surface area contributed by atoms with Gasteiger partial charge in [-0.25, -0.2) is 0 Å². The molecule has 0 amide bonds. The van der Waals surface area contributed by atoms with E-state index in [0.29, 0.717) is 0 Å². The van der Waals surface area contributed by atoms with Gasteiger partial charge in [0.25, 0.3) is 0 Å². The Balaban J connectivity index is 2.99. The van der Waals surface area contributed by atoms with Crippen LogP contribution in [0.4, 0.5) is 0 Å². The van der Waals surface area contributed by atoms with Crippen molar-refractivity contribution in [3.8, 4) is 0 Å². The van der Waals surface area contributed by atoms with Crippen LogP contribution in [0.25, 0.3) is 0 Å². The average molecular weight is 200 g/mol. The minimum atomic E-state index is -0.0503. The van der Waals surface area contributed by atoms with Gasteiger partial charge in [-0.1, -0.05) is 59.3 Å². The fourth-order valence-corrected chi connectivity index (χ4v) is 1.67. The van der Waals surface area contributed by atoms with Crippen molar-refractivity contribution in [2.24, 2.45) is 5.92 Å². The van der Waals surface area contributed by atoms with Gasteiger partial charge in [0.05, 0.1) is 6.10 Å². The van der Waals surface area contributed by atoms with Crippen molar-refractivity contribution in [3.63, 3.8) is 0 Å². The number of hydrogen-bond donors (Lipinski definition) is 1. The Morgan fingerprint density at radius 3 is 1.86 bits per heavy atom. The molecule has 0 aromatic heterocycles. The molecule has 0 saturated heterocycles. The second-order valence-corrected chi connectivity index (χ2v) is 4.80. The molecular weight excluding hydrogens is 172 g/mol. The molecular formula is C13H28O. The Labute approximate surface area is 89.9 Å². The summed E-state index contributed by atoms with van der Waals surface area (Å²) in [5.74, 6) is 0.858. The predicted molar refractivity (Wildman–Crippen MR) is 63.5 cm³/mol. The van der Waals surface area contributed by atoms with Crippen LogP contribution in [0.2, 0.25) is 0 Å². The molecule has 0 heterocycles. The zero-order valence-corrected chi connectivity index (χ0v) is 10.3. The summed E-state index contributed by atoms with van der Waals surface area (Å²) in [6, 6.07) is 0. The van der Waals surface area contributed by atoms with Gasteiger partial charge in [0.15, 0.2) is 0 Å². The van der Waals surface area contributed by atoms with Crippen molar-refractivity contribution in [2.75, 3.05) is 0 Å². The van der Waals surface area contributed by atoms with Crippen molar-refractivity contribution >= 4 is 0 Å². The Morgan fingerprint density at radius 2 is 1.36 bits per heavy atom. The van der Waals surface area contributed by atoms with Gasteiger partial charge in [0.1, 0.15) is 0 Å². The molecule has 1 heteroatoms. The molecule has 0 radical (unpaired) electrons. The molecule has 0 aromatic carbocycles. The van der Waals surface area contributed by atoms with E-state index in [9.17, 15) is 5.11 Å². The summed E-state index contributed by atoms with van der Waals surface area (Å²) >= 11 is 0. The van der Waals surface area contributed by atoms with Crippen LogP contribution < -0.4 is 0 Å². The summed E-state index contributed by atoms with van der Waals surface area (Å²) in [5.41, 5.74) is 0. The van der Waals surface area contributed by atoms with Crippen LogP contribution in [0.1, 0.15) is 72.1 Å². The van der Waals surface area contributed by atoms with E-state index < -0.39 is 0 Å². The number of aliphatic hydroxyl groups is 1. The number of aliphatic hydroxyl groups excluding tert-OH is 1. The Morgan fingerprint density at radius 1 is 0.857 bits per heavy atom. The molecule has 86 valence electrons. The van der Waals surface area contributed by atoms with Gasteiger partial charge in [0.2, 0.25) is 0 Å². The van der Waals surface area contributed by atoms with E-state index >= 15 is 0 Å². The highest BCUT2D eigenvalue weighted by atomic mass is 16.3. The van der Waals surface area contributed by atoms with Crippen LogP contribution in [0.5, 0.6) is 0 Å². The smallest absolute Gasteiger partial charge is 0.0537 e. The van der Waals surface area contributed by atoms with Gasteiger partial charge in [0, 0.05) is 0 Å². The SMILES string of the molecule is CC[C@@H](O)CCCCCCCC(C)C. The minimum absolute atomic E-state index is 0.0503. The third-order valence-corrected chi connectivity index (χ3v) is 2.79. The van der Waals surface area contributed by atoms with E-state index in [2.05, 4.69) is 13.8 Å². The minimum Gasteiger partial charge on any atom is -0.393 e. The number of rotatable bonds is 9. The van der Waals surface area contributed by atoms with Crippen molar-refractivity contribution in [1.29, 1.82) is 0 Å². The Kier molecular flexibility index (Phi) is 9.49. The first-order chi connectivity index (χ1) is 6.66. The highest BCUT2D eigenvalue weighted by Gasteiger charge is 1.99. The van der Waals surface area contributed by atoms with E-state index in [4.69, 9.17) is 0 Å². The second kappa shape index (κ2) is 9.51. The monoisotopic (exact) mass is 200 g/mol. The van der Waals surface area contributed by atoms with Gasteiger partial charge in [-0.05, 0) is 18.8 Å². The van der Waals surface area contributed by atoms with E-state index in [1.165, 1.54) is 38.5 Å². The molecule has 1 nitrogen and oxygen atoms in total. The lowest BCUT2D eigenvalue weighted by Crippen LogP contribution is -2.03. The highest BCUT2D eigenvalue weighted by Crippen LogP contribution is 2.12. The standard InChI is InChI=1S/C13H28O/c1-4-13(14)11-9-7-5-6-8-10-12(2)3/h12-14H,4-11H2,1-3H3/t13-/m1/s1. The Bertz CT molecular complexity index is 110. The average Bonchev–Trinajstić information content (AvgIpc) is 2.15. The Hall–Kier alpha value is -0.0400. The molecule has 0 aromatic rings. The molecule has 0 saturated carbocycles. The quantitative estimate of drug-likeness (QED) is 0.554. The zero-order chi connectivity index (χ0) is 10.8. The lowest BCUT2D eigenvalue weighted by Gasteiger charge is -2.07. The normalized spacial score (nSPS) is 13.5. The first-order valence-corrected chi connectivity index (χ1v) is 6.34. The third kappa shape index (κ3) is 10.0. The summed E-state index contributed by atoms with van der Waals surface area (Å²) < 4.78 is 0. The molecule has 0 unspecified atom stereocenters. The number of hydrogen-bond acceptors (Lipinski definition) is 1. The van der Waals surface area contributed by atoms with Crippen LogP contribution in [0.3, 0.4) is 0 Å². The lowest BCUT2D eigenvalue weighted by atomic mass is 10.0. The van der Waals surface area contributed by atoms with Crippen LogP contribution in [-0.4, -0.2) is 11.2 Å². The maximum atomic E-state index is 9.33. The molecule has 0 bridgehead atoms. The van der Waals surface area contributed by atoms with Crippen molar-refractivity contribution in [3.05, 3.63) is 0 Å². The largest absolute Gasteiger partial charge is 0.393 e. The molecule has 0 aliphatic carbocycles.